The van der Waals surface area contributed by atoms with Crippen LogP contribution in [0.1, 0.15) is 194 Å². The maximum absolute atomic E-state index is 12.3. The van der Waals surface area contributed by atoms with E-state index in [-0.39, 0.29) is 12.5 Å². The summed E-state index contributed by atoms with van der Waals surface area (Å²) >= 11 is 0. The quantitative estimate of drug-likeness (QED) is 0.0449. The minimum absolute atomic E-state index is 0.154. The minimum Gasteiger partial charge on any atom is -0.394 e. The SMILES string of the molecule is CCCCCCCCCCCC/C=C/CCCC(O)C(O)C(CO)NC(=O)CCCCCCCCCCCCCCC. The first-order chi connectivity index (χ1) is 20.6. The Labute approximate surface area is 261 Å². The zero-order valence-corrected chi connectivity index (χ0v) is 28.1. The van der Waals surface area contributed by atoms with Crippen LogP contribution in [0.4, 0.5) is 0 Å². The maximum Gasteiger partial charge on any atom is 0.220 e. The normalized spacial score (nSPS) is 13.9. The highest BCUT2D eigenvalue weighted by Gasteiger charge is 2.26. The number of aliphatic hydroxyl groups is 3. The Morgan fingerprint density at radius 3 is 1.38 bits per heavy atom. The van der Waals surface area contributed by atoms with Gasteiger partial charge in [-0.15, -0.1) is 0 Å². The molecule has 0 saturated heterocycles. The van der Waals surface area contributed by atoms with E-state index >= 15 is 0 Å². The lowest BCUT2D eigenvalue weighted by Gasteiger charge is -2.26. The predicted molar refractivity (Wildman–Crippen MR) is 181 cm³/mol. The van der Waals surface area contributed by atoms with E-state index in [1.54, 1.807) is 0 Å². The van der Waals surface area contributed by atoms with Gasteiger partial charge in [-0.05, 0) is 38.5 Å². The summed E-state index contributed by atoms with van der Waals surface area (Å²) in [6, 6.07) is -0.818. The molecule has 5 heteroatoms. The Hall–Kier alpha value is -0.910. The molecule has 0 aromatic heterocycles. The molecule has 0 aromatic rings. The van der Waals surface area contributed by atoms with Crippen molar-refractivity contribution in [1.29, 1.82) is 0 Å². The van der Waals surface area contributed by atoms with Crippen LogP contribution < -0.4 is 5.32 Å². The van der Waals surface area contributed by atoms with Crippen molar-refractivity contribution < 1.29 is 20.1 Å². The minimum atomic E-state index is -1.15. The van der Waals surface area contributed by atoms with Crippen molar-refractivity contribution in [3.05, 3.63) is 12.2 Å². The summed E-state index contributed by atoms with van der Waals surface area (Å²) in [6.45, 7) is 4.15. The van der Waals surface area contributed by atoms with Crippen molar-refractivity contribution in [3.63, 3.8) is 0 Å². The van der Waals surface area contributed by atoms with E-state index in [9.17, 15) is 20.1 Å². The van der Waals surface area contributed by atoms with Gasteiger partial charge >= 0.3 is 0 Å². The predicted octanol–water partition coefficient (Wildman–Crippen LogP) is 9.70. The lowest BCUT2D eigenvalue weighted by molar-refractivity contribution is -0.124. The molecule has 0 fully saturated rings. The Bertz CT molecular complexity index is 582. The molecular weight excluding hydrogens is 522 g/mol. The van der Waals surface area contributed by atoms with Crippen molar-refractivity contribution in [2.24, 2.45) is 0 Å². The molecular formula is C37H73NO4. The molecule has 1 amide bonds. The first kappa shape index (κ1) is 41.1. The Morgan fingerprint density at radius 2 is 0.952 bits per heavy atom. The summed E-state index contributed by atoms with van der Waals surface area (Å²) in [6.07, 6.45) is 35.9. The number of hydrogen-bond donors (Lipinski definition) is 4. The molecule has 4 N–H and O–H groups in total. The molecule has 250 valence electrons. The van der Waals surface area contributed by atoms with Crippen molar-refractivity contribution >= 4 is 5.91 Å². The first-order valence-electron chi connectivity index (χ1n) is 18.5. The molecule has 0 aromatic carbocycles. The van der Waals surface area contributed by atoms with Gasteiger partial charge in [-0.3, -0.25) is 4.79 Å². The van der Waals surface area contributed by atoms with Crippen LogP contribution in [0.5, 0.6) is 0 Å². The molecule has 5 nitrogen and oxygen atoms in total. The van der Waals surface area contributed by atoms with Gasteiger partial charge in [0.2, 0.25) is 5.91 Å². The smallest absolute Gasteiger partial charge is 0.220 e. The van der Waals surface area contributed by atoms with Gasteiger partial charge in [-0.2, -0.15) is 0 Å². The van der Waals surface area contributed by atoms with Crippen LogP contribution in [0, 0.1) is 0 Å². The van der Waals surface area contributed by atoms with Crippen LogP contribution in [-0.4, -0.2) is 46.1 Å². The zero-order chi connectivity index (χ0) is 30.9. The number of nitrogens with one attached hydrogen (secondary N) is 1. The molecule has 3 atom stereocenters. The summed E-state index contributed by atoms with van der Waals surface area (Å²) in [5, 5.41) is 33.3. The van der Waals surface area contributed by atoms with E-state index in [0.717, 1.165) is 38.5 Å². The Balaban J connectivity index is 3.72. The summed E-state index contributed by atoms with van der Waals surface area (Å²) in [7, 11) is 0. The third kappa shape index (κ3) is 27.9. The zero-order valence-electron chi connectivity index (χ0n) is 28.1. The van der Waals surface area contributed by atoms with E-state index in [4.69, 9.17) is 0 Å². The standard InChI is InChI=1S/C37H73NO4/c1-3-5-7-9-11-13-15-17-18-20-21-23-25-27-29-31-35(40)37(42)34(33-39)38-36(41)32-30-28-26-24-22-19-16-14-12-10-8-6-4-2/h23,25,34-35,37,39-40,42H,3-22,24,26-33H2,1-2H3,(H,38,41)/b25-23+. The molecule has 0 aliphatic heterocycles. The largest absolute Gasteiger partial charge is 0.394 e. The third-order valence-electron chi connectivity index (χ3n) is 8.62. The van der Waals surface area contributed by atoms with Crippen LogP contribution in [0.15, 0.2) is 12.2 Å². The van der Waals surface area contributed by atoms with Gasteiger partial charge in [0, 0.05) is 6.42 Å². The lowest BCUT2D eigenvalue weighted by atomic mass is 10.0. The van der Waals surface area contributed by atoms with Crippen molar-refractivity contribution in [2.75, 3.05) is 6.61 Å². The summed E-state index contributed by atoms with van der Waals surface area (Å²) in [4.78, 5) is 12.3. The maximum atomic E-state index is 12.3. The Morgan fingerprint density at radius 1 is 0.571 bits per heavy atom. The van der Waals surface area contributed by atoms with E-state index < -0.39 is 18.2 Å². The van der Waals surface area contributed by atoms with Crippen LogP contribution in [0.25, 0.3) is 0 Å². The summed E-state index contributed by atoms with van der Waals surface area (Å²) < 4.78 is 0. The number of hydrogen-bond acceptors (Lipinski definition) is 4. The molecule has 42 heavy (non-hydrogen) atoms. The summed E-state index contributed by atoms with van der Waals surface area (Å²) in [5.74, 6) is -0.154. The van der Waals surface area contributed by atoms with Gasteiger partial charge in [0.25, 0.3) is 0 Å². The summed E-state index contributed by atoms with van der Waals surface area (Å²) in [5.41, 5.74) is 0. The number of rotatable bonds is 33. The van der Waals surface area contributed by atoms with Gasteiger partial charge in [-0.25, -0.2) is 0 Å². The number of carbonyl (C=O) groups excluding carboxylic acids is 1. The second kappa shape index (κ2) is 33.0. The lowest BCUT2D eigenvalue weighted by Crippen LogP contribution is -2.50. The number of amides is 1. The fraction of sp³-hybridized carbons (Fsp3) is 0.919. The molecule has 0 bridgehead atoms. The number of unbranched alkanes of at least 4 members (excludes halogenated alkanes) is 23. The fourth-order valence-corrected chi connectivity index (χ4v) is 5.69. The highest BCUT2D eigenvalue weighted by molar-refractivity contribution is 5.76. The molecule has 0 aliphatic rings. The molecule has 0 saturated carbocycles. The molecule has 0 spiro atoms. The number of carbonyl (C=O) groups is 1. The second-order valence-electron chi connectivity index (χ2n) is 12.8. The average Bonchev–Trinajstić information content (AvgIpc) is 2.99. The van der Waals surface area contributed by atoms with Crippen LogP contribution in [-0.2, 0) is 4.79 Å². The highest BCUT2D eigenvalue weighted by Crippen LogP contribution is 2.15. The van der Waals surface area contributed by atoms with E-state index in [1.807, 2.05) is 0 Å². The molecule has 0 radical (unpaired) electrons. The van der Waals surface area contributed by atoms with E-state index in [0.29, 0.717) is 12.8 Å². The highest BCUT2D eigenvalue weighted by atomic mass is 16.3. The van der Waals surface area contributed by atoms with Crippen molar-refractivity contribution in [1.82, 2.24) is 5.32 Å². The number of allylic oxidation sites excluding steroid dienone is 2. The van der Waals surface area contributed by atoms with E-state index in [2.05, 4.69) is 31.3 Å². The topological polar surface area (TPSA) is 89.8 Å². The van der Waals surface area contributed by atoms with Crippen LogP contribution in [0.3, 0.4) is 0 Å². The third-order valence-corrected chi connectivity index (χ3v) is 8.62. The van der Waals surface area contributed by atoms with Gasteiger partial charge in [0.15, 0.2) is 0 Å². The van der Waals surface area contributed by atoms with Crippen LogP contribution >= 0.6 is 0 Å². The first-order valence-corrected chi connectivity index (χ1v) is 18.5. The monoisotopic (exact) mass is 596 g/mol. The molecule has 3 unspecified atom stereocenters. The second-order valence-corrected chi connectivity index (χ2v) is 12.8. The Kier molecular flexibility index (Phi) is 32.3. The average molecular weight is 596 g/mol. The van der Waals surface area contributed by atoms with E-state index in [1.165, 1.54) is 128 Å². The van der Waals surface area contributed by atoms with Crippen LogP contribution in [0.2, 0.25) is 0 Å². The number of aliphatic hydroxyl groups excluding tert-OH is 3. The molecule has 0 rings (SSSR count). The van der Waals surface area contributed by atoms with Crippen molar-refractivity contribution in [2.45, 2.75) is 212 Å². The molecule has 0 aliphatic carbocycles. The molecule has 0 heterocycles. The van der Waals surface area contributed by atoms with Crippen molar-refractivity contribution in [3.8, 4) is 0 Å². The van der Waals surface area contributed by atoms with Gasteiger partial charge in [0.1, 0.15) is 6.10 Å². The van der Waals surface area contributed by atoms with Gasteiger partial charge in [0.05, 0.1) is 18.8 Å². The van der Waals surface area contributed by atoms with Gasteiger partial charge < -0.3 is 20.6 Å². The fourth-order valence-electron chi connectivity index (χ4n) is 5.69. The van der Waals surface area contributed by atoms with Gasteiger partial charge in [-0.1, -0.05) is 161 Å².